The Morgan fingerprint density at radius 1 is 1.12 bits per heavy atom. The number of hydrazine groups is 1. The maximum atomic E-state index is 12.6. The van der Waals surface area contributed by atoms with Gasteiger partial charge in [-0.3, -0.25) is 5.01 Å². The van der Waals surface area contributed by atoms with Gasteiger partial charge in [0.2, 0.25) is 0 Å². The predicted octanol–water partition coefficient (Wildman–Crippen LogP) is 5.39. The number of allylic oxidation sites excluding steroid dienone is 1. The van der Waals surface area contributed by atoms with Crippen LogP contribution in [-0.4, -0.2) is 17.3 Å². The number of aliphatic hydroxyl groups is 1. The molecular weight excluding hydrogens is 424 g/mol. The van der Waals surface area contributed by atoms with Crippen LogP contribution in [0.25, 0.3) is 10.8 Å². The highest BCUT2D eigenvalue weighted by molar-refractivity contribution is 6.30. The lowest BCUT2D eigenvalue weighted by molar-refractivity contribution is 0.249. The molecule has 1 heterocycles. The summed E-state index contributed by atoms with van der Waals surface area (Å²) in [5, 5.41) is 20.4. The van der Waals surface area contributed by atoms with Crippen LogP contribution in [0.15, 0.2) is 72.4 Å². The van der Waals surface area contributed by atoms with Gasteiger partial charge >= 0.3 is 6.03 Å². The Morgan fingerprint density at radius 2 is 1.84 bits per heavy atom. The zero-order chi connectivity index (χ0) is 22.9. The van der Waals surface area contributed by atoms with Gasteiger partial charge in [0, 0.05) is 21.8 Å². The van der Waals surface area contributed by atoms with Crippen LogP contribution in [0.3, 0.4) is 0 Å². The van der Waals surface area contributed by atoms with E-state index in [1.165, 1.54) is 0 Å². The van der Waals surface area contributed by atoms with Crippen molar-refractivity contribution in [3.05, 3.63) is 83.0 Å². The maximum Gasteiger partial charge on any atom is 0.320 e. The fourth-order valence-corrected chi connectivity index (χ4v) is 3.95. The van der Waals surface area contributed by atoms with Crippen molar-refractivity contribution in [3.8, 4) is 0 Å². The number of carbonyl (C=O) groups is 1. The van der Waals surface area contributed by atoms with Gasteiger partial charge in [0.15, 0.2) is 0 Å². The van der Waals surface area contributed by atoms with Crippen LogP contribution in [0.4, 0.5) is 16.2 Å². The third kappa shape index (κ3) is 4.72. The molecule has 3 aromatic rings. The number of fused-ring (bicyclic) bond motifs is 1. The maximum absolute atomic E-state index is 12.6. The summed E-state index contributed by atoms with van der Waals surface area (Å²) in [6.07, 6.45) is 1.61. The molecule has 0 bridgehead atoms. The van der Waals surface area contributed by atoms with Gasteiger partial charge < -0.3 is 15.7 Å². The first-order valence-corrected chi connectivity index (χ1v) is 10.9. The van der Waals surface area contributed by atoms with E-state index in [-0.39, 0.29) is 18.1 Å². The van der Waals surface area contributed by atoms with Crippen molar-refractivity contribution >= 4 is 39.8 Å². The van der Waals surface area contributed by atoms with E-state index in [1.807, 2.05) is 41.4 Å². The number of carbonyl (C=O) groups excluding carboxylic acids is 1. The Kier molecular flexibility index (Phi) is 6.11. The smallest absolute Gasteiger partial charge is 0.320 e. The first-order valence-electron chi connectivity index (χ1n) is 10.5. The summed E-state index contributed by atoms with van der Waals surface area (Å²) in [5.74, 6) is 0. The molecule has 0 fully saturated rings. The minimum atomic E-state index is -0.402. The van der Waals surface area contributed by atoms with Crippen LogP contribution in [0.1, 0.15) is 26.3 Å². The Balaban J connectivity index is 1.58. The van der Waals surface area contributed by atoms with Crippen molar-refractivity contribution in [2.75, 3.05) is 10.3 Å². The molecular formula is C25H27ClN4O2. The average Bonchev–Trinajstić information content (AvgIpc) is 3.19. The monoisotopic (exact) mass is 450 g/mol. The van der Waals surface area contributed by atoms with E-state index in [0.717, 1.165) is 27.7 Å². The molecule has 166 valence electrons. The minimum Gasteiger partial charge on any atom is -0.392 e. The van der Waals surface area contributed by atoms with Crippen LogP contribution in [0.5, 0.6) is 0 Å². The summed E-state index contributed by atoms with van der Waals surface area (Å²) in [7, 11) is 0. The number of amides is 2. The van der Waals surface area contributed by atoms with Gasteiger partial charge in [-0.25, -0.2) is 10.2 Å². The average molecular weight is 451 g/mol. The van der Waals surface area contributed by atoms with Gasteiger partial charge in [-0.15, -0.1) is 0 Å². The molecule has 0 radical (unpaired) electrons. The van der Waals surface area contributed by atoms with E-state index in [0.29, 0.717) is 10.7 Å². The number of nitrogens with zero attached hydrogens (tertiary/aromatic N) is 1. The largest absolute Gasteiger partial charge is 0.392 e. The summed E-state index contributed by atoms with van der Waals surface area (Å²) in [6, 6.07) is 18.7. The Bertz CT molecular complexity index is 1170. The number of nitrogens with one attached hydrogen (secondary N) is 3. The van der Waals surface area contributed by atoms with Gasteiger partial charge in [0.05, 0.1) is 12.3 Å². The molecule has 6 nitrogen and oxygen atoms in total. The van der Waals surface area contributed by atoms with Gasteiger partial charge in [-0.2, -0.15) is 0 Å². The van der Waals surface area contributed by atoms with E-state index >= 15 is 0 Å². The number of anilines is 2. The molecule has 1 aliphatic heterocycles. The van der Waals surface area contributed by atoms with Gasteiger partial charge in [-0.05, 0) is 58.8 Å². The van der Waals surface area contributed by atoms with Crippen molar-refractivity contribution in [2.45, 2.75) is 33.5 Å². The number of aliphatic hydroxyl groups excluding tert-OH is 1. The first-order chi connectivity index (χ1) is 15.2. The van der Waals surface area contributed by atoms with Gasteiger partial charge in [-0.1, -0.05) is 56.6 Å². The van der Waals surface area contributed by atoms with E-state index < -0.39 is 6.17 Å². The van der Waals surface area contributed by atoms with Gasteiger partial charge in [0.1, 0.15) is 6.17 Å². The number of benzene rings is 3. The van der Waals surface area contributed by atoms with Crippen molar-refractivity contribution in [1.29, 1.82) is 0 Å². The number of hydrogen-bond acceptors (Lipinski definition) is 4. The molecule has 7 heteroatoms. The van der Waals surface area contributed by atoms with Crippen LogP contribution in [-0.2, 0) is 6.61 Å². The SMILES string of the molecule is CC(C)(C)C1=CC(NC(=O)Nc2ccc(Cl)cc2)NN1c1cc(CO)c2ccccc2c1. The number of urea groups is 1. The fourth-order valence-electron chi connectivity index (χ4n) is 3.83. The molecule has 4 rings (SSSR count). The number of hydrogen-bond donors (Lipinski definition) is 4. The molecule has 0 aliphatic carbocycles. The van der Waals surface area contributed by atoms with Crippen molar-refractivity contribution in [1.82, 2.24) is 10.7 Å². The number of rotatable bonds is 4. The van der Waals surface area contributed by atoms with E-state index in [4.69, 9.17) is 11.6 Å². The van der Waals surface area contributed by atoms with Crippen molar-refractivity contribution < 1.29 is 9.90 Å². The third-order valence-corrected chi connectivity index (χ3v) is 5.60. The second kappa shape index (κ2) is 8.82. The molecule has 1 unspecified atom stereocenters. The number of halogens is 1. The van der Waals surface area contributed by atoms with Crippen LogP contribution in [0.2, 0.25) is 5.02 Å². The molecule has 4 N–H and O–H groups in total. The van der Waals surface area contributed by atoms with Crippen molar-refractivity contribution in [3.63, 3.8) is 0 Å². The third-order valence-electron chi connectivity index (χ3n) is 5.35. The quantitative estimate of drug-likeness (QED) is 0.430. The zero-order valence-electron chi connectivity index (χ0n) is 18.3. The predicted molar refractivity (Wildman–Crippen MR) is 130 cm³/mol. The molecule has 3 aromatic carbocycles. The van der Waals surface area contributed by atoms with Crippen LogP contribution < -0.4 is 21.1 Å². The lowest BCUT2D eigenvalue weighted by Gasteiger charge is -2.32. The second-order valence-corrected chi connectivity index (χ2v) is 9.27. The first kappa shape index (κ1) is 22.1. The molecule has 0 aromatic heterocycles. The molecule has 0 saturated carbocycles. The Hall–Kier alpha value is -3.06. The second-order valence-electron chi connectivity index (χ2n) is 8.83. The van der Waals surface area contributed by atoms with Crippen molar-refractivity contribution in [2.24, 2.45) is 5.41 Å². The van der Waals surface area contributed by atoms with E-state index in [2.05, 4.69) is 42.9 Å². The molecule has 2 amide bonds. The normalized spacial score (nSPS) is 16.2. The molecule has 32 heavy (non-hydrogen) atoms. The summed E-state index contributed by atoms with van der Waals surface area (Å²) >= 11 is 5.91. The highest BCUT2D eigenvalue weighted by Crippen LogP contribution is 2.36. The topological polar surface area (TPSA) is 76.6 Å². The fraction of sp³-hybridized carbons (Fsp3) is 0.240. The van der Waals surface area contributed by atoms with Crippen LogP contribution in [0, 0.1) is 5.41 Å². The summed E-state index contributed by atoms with van der Waals surface area (Å²) in [6.45, 7) is 6.31. The molecule has 1 aliphatic rings. The molecule has 1 atom stereocenters. The Morgan fingerprint density at radius 3 is 2.53 bits per heavy atom. The molecule has 0 spiro atoms. The highest BCUT2D eigenvalue weighted by Gasteiger charge is 2.32. The van der Waals surface area contributed by atoms with Crippen LogP contribution >= 0.6 is 11.6 Å². The van der Waals surface area contributed by atoms with Gasteiger partial charge in [0.25, 0.3) is 0 Å². The minimum absolute atomic E-state index is 0.0536. The summed E-state index contributed by atoms with van der Waals surface area (Å²) in [5.41, 5.74) is 6.62. The Labute approximate surface area is 192 Å². The van der Waals surface area contributed by atoms with E-state index in [9.17, 15) is 9.90 Å². The molecule has 0 saturated heterocycles. The van der Waals surface area contributed by atoms with E-state index in [1.54, 1.807) is 24.3 Å². The summed E-state index contributed by atoms with van der Waals surface area (Å²) in [4.78, 5) is 12.6. The lowest BCUT2D eigenvalue weighted by Crippen LogP contribution is -2.48. The zero-order valence-corrected chi connectivity index (χ0v) is 19.1. The lowest BCUT2D eigenvalue weighted by atomic mass is 9.91. The highest BCUT2D eigenvalue weighted by atomic mass is 35.5. The standard InChI is InChI=1S/C25H27ClN4O2/c1-25(2,3)22-14-23(28-24(32)27-19-10-8-18(26)9-11-19)29-30(22)20-12-16-6-4-5-7-21(16)17(13-20)15-31/h4-14,23,29,31H,15H2,1-3H3,(H2,27,28,32). The summed E-state index contributed by atoms with van der Waals surface area (Å²) < 4.78 is 0.